The first-order valence-electron chi connectivity index (χ1n) is 6.67. The second kappa shape index (κ2) is 5.09. The molecule has 1 saturated heterocycles. The molecule has 1 aromatic rings. The van der Waals surface area contributed by atoms with Crippen LogP contribution in [0.25, 0.3) is 0 Å². The number of carbonyl (C=O) groups excluding carboxylic acids is 1. The first-order valence-corrected chi connectivity index (χ1v) is 6.67. The van der Waals surface area contributed by atoms with Crippen molar-refractivity contribution in [2.24, 2.45) is 5.73 Å². The molecule has 0 radical (unpaired) electrons. The van der Waals surface area contributed by atoms with E-state index in [9.17, 15) is 4.79 Å². The van der Waals surface area contributed by atoms with Crippen LogP contribution in [-0.4, -0.2) is 42.6 Å². The van der Waals surface area contributed by atoms with Crippen molar-refractivity contribution in [1.29, 1.82) is 0 Å². The molecule has 0 saturated carbocycles. The smallest absolute Gasteiger partial charge is 0.267 e. The van der Waals surface area contributed by atoms with Crippen LogP contribution in [0.4, 0.5) is 0 Å². The van der Waals surface area contributed by atoms with Gasteiger partial charge < -0.3 is 20.1 Å². The van der Waals surface area contributed by atoms with E-state index < -0.39 is 6.10 Å². The van der Waals surface area contributed by atoms with E-state index in [1.807, 2.05) is 29.2 Å². The molecule has 2 heterocycles. The Kier molecular flexibility index (Phi) is 3.29. The maximum Gasteiger partial charge on any atom is 0.267 e. The lowest BCUT2D eigenvalue weighted by molar-refractivity contribution is -0.142. The number of para-hydroxylation sites is 2. The Labute approximate surface area is 112 Å². The largest absolute Gasteiger partial charge is 0.485 e. The fourth-order valence-corrected chi connectivity index (χ4v) is 2.46. The normalized spacial score (nSPS) is 23.2. The number of nitrogens with zero attached hydrogens (tertiary/aromatic N) is 1. The molecular formula is C14H18N2O3. The van der Waals surface area contributed by atoms with Gasteiger partial charge in [0.1, 0.15) is 6.61 Å². The number of amides is 1. The standard InChI is InChI=1S/C14H18N2O3/c15-10-5-7-16(8-6-10)14(17)13-9-18-11-3-1-2-4-12(11)19-13/h1-4,10,13H,5-9,15H2. The zero-order chi connectivity index (χ0) is 13.2. The summed E-state index contributed by atoms with van der Waals surface area (Å²) in [4.78, 5) is 14.2. The average molecular weight is 262 g/mol. The first-order chi connectivity index (χ1) is 9.24. The summed E-state index contributed by atoms with van der Waals surface area (Å²) in [6.45, 7) is 1.70. The molecular weight excluding hydrogens is 244 g/mol. The van der Waals surface area contributed by atoms with Crippen molar-refractivity contribution in [3.8, 4) is 11.5 Å². The number of likely N-dealkylation sites (tertiary alicyclic amines) is 1. The van der Waals surface area contributed by atoms with E-state index in [0.717, 1.165) is 12.8 Å². The van der Waals surface area contributed by atoms with Gasteiger partial charge in [0.05, 0.1) is 0 Å². The fraction of sp³-hybridized carbons (Fsp3) is 0.500. The third-order valence-corrected chi connectivity index (χ3v) is 3.64. The molecule has 102 valence electrons. The van der Waals surface area contributed by atoms with Crippen LogP contribution in [0.2, 0.25) is 0 Å². The van der Waals surface area contributed by atoms with Crippen molar-refractivity contribution in [1.82, 2.24) is 4.90 Å². The predicted octanol–water partition coefficient (Wildman–Crippen LogP) is 0.776. The van der Waals surface area contributed by atoms with Crippen LogP contribution in [0.3, 0.4) is 0 Å². The van der Waals surface area contributed by atoms with Crippen molar-refractivity contribution in [2.45, 2.75) is 25.0 Å². The Morgan fingerprint density at radius 1 is 1.21 bits per heavy atom. The van der Waals surface area contributed by atoms with E-state index in [2.05, 4.69) is 0 Å². The van der Waals surface area contributed by atoms with Gasteiger partial charge in [0.2, 0.25) is 6.10 Å². The highest BCUT2D eigenvalue weighted by Gasteiger charge is 2.32. The van der Waals surface area contributed by atoms with E-state index in [-0.39, 0.29) is 18.6 Å². The molecule has 0 bridgehead atoms. The lowest BCUT2D eigenvalue weighted by atomic mass is 10.1. The zero-order valence-electron chi connectivity index (χ0n) is 10.7. The van der Waals surface area contributed by atoms with Crippen LogP contribution in [0.1, 0.15) is 12.8 Å². The molecule has 5 nitrogen and oxygen atoms in total. The second-order valence-electron chi connectivity index (χ2n) is 5.03. The van der Waals surface area contributed by atoms with Crippen molar-refractivity contribution >= 4 is 5.91 Å². The van der Waals surface area contributed by atoms with E-state index in [1.54, 1.807) is 0 Å². The molecule has 1 aromatic carbocycles. The van der Waals surface area contributed by atoms with Gasteiger partial charge in [0, 0.05) is 19.1 Å². The van der Waals surface area contributed by atoms with Crippen molar-refractivity contribution in [2.75, 3.05) is 19.7 Å². The SMILES string of the molecule is NC1CCN(C(=O)C2COc3ccccc3O2)CC1. The lowest BCUT2D eigenvalue weighted by Crippen LogP contribution is -2.50. The number of fused-ring (bicyclic) bond motifs is 1. The van der Waals surface area contributed by atoms with E-state index in [0.29, 0.717) is 24.6 Å². The third kappa shape index (κ3) is 2.51. The van der Waals surface area contributed by atoms with Gasteiger partial charge in [-0.15, -0.1) is 0 Å². The number of benzene rings is 1. The summed E-state index contributed by atoms with van der Waals surface area (Å²) in [7, 11) is 0. The van der Waals surface area contributed by atoms with Gasteiger partial charge in [-0.3, -0.25) is 4.79 Å². The van der Waals surface area contributed by atoms with Crippen LogP contribution in [0, 0.1) is 0 Å². The summed E-state index contributed by atoms with van der Waals surface area (Å²) in [5, 5.41) is 0. The molecule has 19 heavy (non-hydrogen) atoms. The van der Waals surface area contributed by atoms with E-state index >= 15 is 0 Å². The minimum Gasteiger partial charge on any atom is -0.485 e. The van der Waals surface area contributed by atoms with Crippen LogP contribution >= 0.6 is 0 Å². The number of nitrogens with two attached hydrogens (primary N) is 1. The monoisotopic (exact) mass is 262 g/mol. The lowest BCUT2D eigenvalue weighted by Gasteiger charge is -2.34. The van der Waals surface area contributed by atoms with Gasteiger partial charge in [0.25, 0.3) is 5.91 Å². The average Bonchev–Trinajstić information content (AvgIpc) is 2.47. The van der Waals surface area contributed by atoms with E-state index in [1.165, 1.54) is 0 Å². The van der Waals surface area contributed by atoms with Crippen molar-refractivity contribution in [3.63, 3.8) is 0 Å². The second-order valence-corrected chi connectivity index (χ2v) is 5.03. The van der Waals surface area contributed by atoms with E-state index in [4.69, 9.17) is 15.2 Å². The summed E-state index contributed by atoms with van der Waals surface area (Å²) in [5.41, 5.74) is 5.84. The summed E-state index contributed by atoms with van der Waals surface area (Å²) >= 11 is 0. The minimum absolute atomic E-state index is 0.00130. The molecule has 2 aliphatic rings. The molecule has 1 unspecified atom stereocenters. The Morgan fingerprint density at radius 2 is 1.89 bits per heavy atom. The highest BCUT2D eigenvalue weighted by Crippen LogP contribution is 2.31. The highest BCUT2D eigenvalue weighted by molar-refractivity contribution is 5.82. The molecule has 2 N–H and O–H groups in total. The molecule has 0 spiro atoms. The quantitative estimate of drug-likeness (QED) is 0.812. The van der Waals surface area contributed by atoms with Crippen LogP contribution in [0.5, 0.6) is 11.5 Å². The molecule has 5 heteroatoms. The van der Waals surface area contributed by atoms with Crippen LogP contribution in [0.15, 0.2) is 24.3 Å². The van der Waals surface area contributed by atoms with Gasteiger partial charge >= 0.3 is 0 Å². The number of ether oxygens (including phenoxy) is 2. The molecule has 1 amide bonds. The fourth-order valence-electron chi connectivity index (χ4n) is 2.46. The molecule has 1 atom stereocenters. The van der Waals surface area contributed by atoms with Gasteiger partial charge in [0.15, 0.2) is 11.5 Å². The molecule has 3 rings (SSSR count). The third-order valence-electron chi connectivity index (χ3n) is 3.64. The van der Waals surface area contributed by atoms with Crippen molar-refractivity contribution < 1.29 is 14.3 Å². The molecule has 0 aromatic heterocycles. The Balaban J connectivity index is 1.66. The van der Waals surface area contributed by atoms with Gasteiger partial charge in [-0.2, -0.15) is 0 Å². The highest BCUT2D eigenvalue weighted by atomic mass is 16.6. The molecule has 1 fully saturated rings. The maximum atomic E-state index is 12.3. The molecule has 0 aliphatic carbocycles. The maximum absolute atomic E-state index is 12.3. The Bertz CT molecular complexity index is 470. The summed E-state index contributed by atoms with van der Waals surface area (Å²) in [6, 6.07) is 7.63. The number of hydrogen-bond donors (Lipinski definition) is 1. The number of rotatable bonds is 1. The van der Waals surface area contributed by atoms with Crippen LogP contribution in [-0.2, 0) is 4.79 Å². The summed E-state index contributed by atoms with van der Waals surface area (Å²) in [5.74, 6) is 1.34. The topological polar surface area (TPSA) is 64.8 Å². The zero-order valence-corrected chi connectivity index (χ0v) is 10.7. The predicted molar refractivity (Wildman–Crippen MR) is 70.1 cm³/mol. The Morgan fingerprint density at radius 3 is 2.63 bits per heavy atom. The van der Waals surface area contributed by atoms with Gasteiger partial charge in [-0.1, -0.05) is 12.1 Å². The van der Waals surface area contributed by atoms with Gasteiger partial charge in [-0.25, -0.2) is 0 Å². The van der Waals surface area contributed by atoms with Gasteiger partial charge in [-0.05, 0) is 25.0 Å². The number of hydrogen-bond acceptors (Lipinski definition) is 4. The first kappa shape index (κ1) is 12.3. The molecule has 2 aliphatic heterocycles. The number of piperidine rings is 1. The number of carbonyl (C=O) groups is 1. The van der Waals surface area contributed by atoms with Crippen LogP contribution < -0.4 is 15.2 Å². The Hall–Kier alpha value is -1.75. The minimum atomic E-state index is -0.538. The summed E-state index contributed by atoms with van der Waals surface area (Å²) < 4.78 is 11.3. The summed E-state index contributed by atoms with van der Waals surface area (Å²) in [6.07, 6.45) is 1.18. The van der Waals surface area contributed by atoms with Crippen molar-refractivity contribution in [3.05, 3.63) is 24.3 Å².